The molecule has 124 valence electrons. The highest BCUT2D eigenvalue weighted by atomic mass is 16.5. The Morgan fingerprint density at radius 1 is 1.17 bits per heavy atom. The number of hydrogen-bond donors (Lipinski definition) is 0. The van der Waals surface area contributed by atoms with Crippen LogP contribution in [0.4, 0.5) is 0 Å². The van der Waals surface area contributed by atoms with Gasteiger partial charge in [0.05, 0.1) is 11.1 Å². The van der Waals surface area contributed by atoms with Gasteiger partial charge in [-0.2, -0.15) is 0 Å². The maximum atomic E-state index is 12.5. The van der Waals surface area contributed by atoms with Crippen LogP contribution in [0.1, 0.15) is 64.3 Å². The monoisotopic (exact) mass is 327 g/mol. The van der Waals surface area contributed by atoms with E-state index in [4.69, 9.17) is 9.15 Å². The van der Waals surface area contributed by atoms with Crippen LogP contribution in [0.15, 0.2) is 28.7 Å². The topological polar surface area (TPSA) is 85.5 Å². The Bertz CT molecular complexity index is 775. The minimum Gasteiger partial charge on any atom is -0.422 e. The van der Waals surface area contributed by atoms with Crippen molar-refractivity contribution < 1.29 is 18.7 Å². The molecule has 1 aliphatic heterocycles. The van der Waals surface area contributed by atoms with Crippen LogP contribution < -0.4 is 0 Å². The number of hydrogen-bond acceptors (Lipinski definition) is 6. The van der Waals surface area contributed by atoms with Crippen LogP contribution in [-0.2, 0) is 4.74 Å². The van der Waals surface area contributed by atoms with Gasteiger partial charge in [-0.1, -0.05) is 12.1 Å². The van der Waals surface area contributed by atoms with E-state index < -0.39 is 0 Å². The van der Waals surface area contributed by atoms with Crippen LogP contribution in [-0.4, -0.2) is 40.1 Å². The lowest BCUT2D eigenvalue weighted by molar-refractivity contribution is 0.0456. The molecule has 4 rings (SSSR count). The molecule has 2 amide bonds. The lowest BCUT2D eigenvalue weighted by atomic mass is 9.79. The van der Waals surface area contributed by atoms with E-state index in [0.717, 1.165) is 0 Å². The van der Waals surface area contributed by atoms with E-state index in [2.05, 4.69) is 10.2 Å². The molecule has 24 heavy (non-hydrogen) atoms. The van der Waals surface area contributed by atoms with Gasteiger partial charge in [-0.3, -0.25) is 14.5 Å². The number of ether oxygens (including phenoxy) is 1. The average molecular weight is 327 g/mol. The van der Waals surface area contributed by atoms with Crippen molar-refractivity contribution in [2.75, 3.05) is 7.11 Å². The molecular formula is C17H17N3O4. The fourth-order valence-electron chi connectivity index (χ4n) is 3.22. The molecule has 1 saturated carbocycles. The van der Waals surface area contributed by atoms with Gasteiger partial charge in [0.1, 0.15) is 6.10 Å². The second kappa shape index (κ2) is 5.52. The summed E-state index contributed by atoms with van der Waals surface area (Å²) in [6, 6.07) is 6.82. The molecule has 1 atom stereocenters. The van der Waals surface area contributed by atoms with Gasteiger partial charge in [0, 0.05) is 19.1 Å². The fourth-order valence-corrected chi connectivity index (χ4v) is 3.22. The summed E-state index contributed by atoms with van der Waals surface area (Å²) in [7, 11) is 1.58. The maximum absolute atomic E-state index is 12.5. The molecular weight excluding hydrogens is 310 g/mol. The van der Waals surface area contributed by atoms with Crippen LogP contribution in [0.25, 0.3) is 0 Å². The Balaban J connectivity index is 1.46. The molecule has 1 aromatic heterocycles. The van der Waals surface area contributed by atoms with Crippen molar-refractivity contribution in [3.8, 4) is 0 Å². The molecule has 2 aromatic rings. The first kappa shape index (κ1) is 15.0. The smallest absolute Gasteiger partial charge is 0.261 e. The fraction of sp³-hybridized carbons (Fsp3) is 0.412. The van der Waals surface area contributed by atoms with Crippen molar-refractivity contribution >= 4 is 11.8 Å². The van der Waals surface area contributed by atoms with Gasteiger partial charge in [-0.05, 0) is 31.9 Å². The molecule has 2 heterocycles. The zero-order valence-electron chi connectivity index (χ0n) is 13.4. The zero-order chi connectivity index (χ0) is 16.8. The summed E-state index contributed by atoms with van der Waals surface area (Å²) in [5.41, 5.74) is 0.972. The Morgan fingerprint density at radius 2 is 1.79 bits per heavy atom. The number of methoxy groups -OCH3 is 1. The van der Waals surface area contributed by atoms with Gasteiger partial charge < -0.3 is 9.15 Å². The number of carbonyl (C=O) groups is 2. The number of fused-ring (bicyclic) bond motifs is 1. The van der Waals surface area contributed by atoms with E-state index in [1.807, 2.05) is 6.92 Å². The van der Waals surface area contributed by atoms with Gasteiger partial charge in [-0.15, -0.1) is 10.2 Å². The highest BCUT2D eigenvalue weighted by molar-refractivity contribution is 6.21. The molecule has 0 spiro atoms. The van der Waals surface area contributed by atoms with Gasteiger partial charge >= 0.3 is 0 Å². The van der Waals surface area contributed by atoms with E-state index >= 15 is 0 Å². The first-order valence-corrected chi connectivity index (χ1v) is 7.93. The molecule has 1 fully saturated rings. The summed E-state index contributed by atoms with van der Waals surface area (Å²) in [6.07, 6.45) is 1.04. The summed E-state index contributed by atoms with van der Waals surface area (Å²) >= 11 is 0. The SMILES string of the molecule is CO[C@H](C)c1nnc(C2CC(N3C(=O)c4ccccc4C3=O)C2)o1. The molecule has 1 aromatic carbocycles. The molecule has 7 heteroatoms. The van der Waals surface area contributed by atoms with Crippen LogP contribution in [0.2, 0.25) is 0 Å². The lowest BCUT2D eigenvalue weighted by Crippen LogP contribution is -2.46. The normalized spacial score (nSPS) is 24.0. The maximum Gasteiger partial charge on any atom is 0.261 e. The summed E-state index contributed by atoms with van der Waals surface area (Å²) in [4.78, 5) is 26.3. The largest absolute Gasteiger partial charge is 0.422 e. The van der Waals surface area contributed by atoms with Crippen molar-refractivity contribution in [3.63, 3.8) is 0 Å². The van der Waals surface area contributed by atoms with Crippen molar-refractivity contribution in [2.24, 2.45) is 0 Å². The number of nitrogens with zero attached hydrogens (tertiary/aromatic N) is 3. The summed E-state index contributed by atoms with van der Waals surface area (Å²) < 4.78 is 10.8. The highest BCUT2D eigenvalue weighted by Crippen LogP contribution is 2.42. The molecule has 0 bridgehead atoms. The third-order valence-corrected chi connectivity index (χ3v) is 4.81. The average Bonchev–Trinajstić information content (AvgIpc) is 3.13. The molecule has 0 N–H and O–H groups in total. The Hall–Kier alpha value is -2.54. The van der Waals surface area contributed by atoms with E-state index in [1.165, 1.54) is 4.90 Å². The van der Waals surface area contributed by atoms with Gasteiger partial charge in [0.15, 0.2) is 0 Å². The van der Waals surface area contributed by atoms with Crippen LogP contribution in [0, 0.1) is 0 Å². The summed E-state index contributed by atoms with van der Waals surface area (Å²) in [5, 5.41) is 8.05. The molecule has 0 saturated heterocycles. The van der Waals surface area contributed by atoms with Crippen LogP contribution >= 0.6 is 0 Å². The van der Waals surface area contributed by atoms with Crippen LogP contribution in [0.5, 0.6) is 0 Å². The second-order valence-electron chi connectivity index (χ2n) is 6.20. The van der Waals surface area contributed by atoms with Crippen molar-refractivity contribution in [1.29, 1.82) is 0 Å². The number of imide groups is 1. The van der Waals surface area contributed by atoms with Crippen molar-refractivity contribution in [2.45, 2.75) is 37.8 Å². The standard InChI is InChI=1S/C17H17N3O4/c1-9(23-2)14-18-19-15(24-14)10-7-11(8-10)20-16(21)12-5-3-4-6-13(12)17(20)22/h3-6,9-11H,7-8H2,1-2H3/t9-,10?,11?/m1/s1. The molecule has 0 radical (unpaired) electrons. The number of aromatic nitrogens is 2. The third-order valence-electron chi connectivity index (χ3n) is 4.81. The second-order valence-corrected chi connectivity index (χ2v) is 6.20. The van der Waals surface area contributed by atoms with Crippen molar-refractivity contribution in [1.82, 2.24) is 15.1 Å². The van der Waals surface area contributed by atoms with E-state index in [9.17, 15) is 9.59 Å². The number of benzene rings is 1. The van der Waals surface area contributed by atoms with Gasteiger partial charge in [-0.25, -0.2) is 0 Å². The Morgan fingerprint density at radius 3 is 2.38 bits per heavy atom. The zero-order valence-corrected chi connectivity index (χ0v) is 13.4. The van der Waals surface area contributed by atoms with Crippen molar-refractivity contribution in [3.05, 3.63) is 47.2 Å². The Labute approximate surface area is 138 Å². The predicted molar refractivity (Wildman–Crippen MR) is 82.4 cm³/mol. The minimum absolute atomic E-state index is 0.0737. The predicted octanol–water partition coefficient (Wildman–Crippen LogP) is 2.32. The van der Waals surface area contributed by atoms with Gasteiger partial charge in [0.25, 0.3) is 11.8 Å². The molecule has 2 aliphatic rings. The minimum atomic E-state index is -0.252. The summed E-state index contributed by atoms with van der Waals surface area (Å²) in [6.45, 7) is 1.83. The number of carbonyl (C=O) groups excluding carboxylic acids is 2. The molecule has 7 nitrogen and oxygen atoms in total. The van der Waals surface area contributed by atoms with Crippen LogP contribution in [0.3, 0.4) is 0 Å². The highest BCUT2D eigenvalue weighted by Gasteiger charge is 2.46. The molecule has 0 unspecified atom stereocenters. The third kappa shape index (κ3) is 2.16. The molecule has 1 aliphatic carbocycles. The quantitative estimate of drug-likeness (QED) is 0.801. The van der Waals surface area contributed by atoms with E-state index in [0.29, 0.717) is 35.7 Å². The van der Waals surface area contributed by atoms with Gasteiger partial charge in [0.2, 0.25) is 11.8 Å². The number of amides is 2. The Kier molecular flexibility index (Phi) is 3.45. The van der Waals surface area contributed by atoms with E-state index in [1.54, 1.807) is 31.4 Å². The first-order valence-electron chi connectivity index (χ1n) is 7.93. The lowest BCUT2D eigenvalue weighted by Gasteiger charge is -2.38. The number of rotatable bonds is 4. The summed E-state index contributed by atoms with van der Waals surface area (Å²) in [5.74, 6) is 0.639. The first-order chi connectivity index (χ1) is 11.6. The van der Waals surface area contributed by atoms with E-state index in [-0.39, 0.29) is 29.9 Å².